The summed E-state index contributed by atoms with van der Waals surface area (Å²) in [6, 6.07) is 0. The summed E-state index contributed by atoms with van der Waals surface area (Å²) in [5.41, 5.74) is 4.95. The maximum atomic E-state index is 10.1. The summed E-state index contributed by atoms with van der Waals surface area (Å²) < 4.78 is 0. The standard InChI is InChI=1S/C4H9NOS.C2H7NS.CH4.ClH/c1-4(6)5-2-3-7;3-1-2-4;;/h7H,2-3H2,1H3,(H,5,6);4H,1-3H2;1H4;1H. The Balaban J connectivity index is -0.0000000600. The van der Waals surface area contributed by atoms with E-state index in [-0.39, 0.29) is 25.7 Å². The number of nitrogens with two attached hydrogens (primary N) is 1. The SMILES string of the molecule is C.CC(=O)NCCS.Cl.NCCS. The lowest BCUT2D eigenvalue weighted by atomic mass is 10.6. The van der Waals surface area contributed by atoms with Gasteiger partial charge in [-0.3, -0.25) is 4.79 Å². The van der Waals surface area contributed by atoms with Crippen LogP contribution >= 0.6 is 37.7 Å². The number of amides is 1. The van der Waals surface area contributed by atoms with E-state index in [0.29, 0.717) is 18.8 Å². The topological polar surface area (TPSA) is 55.1 Å². The predicted molar refractivity (Wildman–Crippen MR) is 69.4 cm³/mol. The van der Waals surface area contributed by atoms with Crippen LogP contribution in [0.15, 0.2) is 0 Å². The molecule has 0 saturated carbocycles. The van der Waals surface area contributed by atoms with E-state index in [1.54, 1.807) is 0 Å². The van der Waals surface area contributed by atoms with Crippen molar-refractivity contribution in [2.24, 2.45) is 5.73 Å². The Kier molecular flexibility index (Phi) is 41.0. The molecule has 0 aliphatic heterocycles. The van der Waals surface area contributed by atoms with Crippen molar-refractivity contribution in [3.63, 3.8) is 0 Å². The van der Waals surface area contributed by atoms with Crippen LogP contribution in [0, 0.1) is 0 Å². The van der Waals surface area contributed by atoms with Crippen molar-refractivity contribution in [2.75, 3.05) is 24.6 Å². The minimum absolute atomic E-state index is 0. The van der Waals surface area contributed by atoms with Crippen molar-refractivity contribution in [2.45, 2.75) is 14.4 Å². The van der Waals surface area contributed by atoms with E-state index in [1.165, 1.54) is 6.92 Å². The van der Waals surface area contributed by atoms with Crippen LogP contribution in [0.3, 0.4) is 0 Å². The molecule has 0 fully saturated rings. The molecule has 0 heterocycles. The average Bonchev–Trinajstić information content (AvgIpc) is 2.01. The summed E-state index contributed by atoms with van der Waals surface area (Å²) in [5, 5.41) is 2.58. The molecule has 0 aliphatic rings. The molecule has 0 aliphatic carbocycles. The molecule has 0 aromatic heterocycles. The zero-order chi connectivity index (χ0) is 9.11. The van der Waals surface area contributed by atoms with E-state index in [9.17, 15) is 4.79 Å². The summed E-state index contributed by atoms with van der Waals surface area (Å²) in [5.74, 6) is 1.51. The van der Waals surface area contributed by atoms with Gasteiger partial charge in [-0.05, 0) is 0 Å². The van der Waals surface area contributed by atoms with Gasteiger partial charge in [0.1, 0.15) is 0 Å². The molecule has 3 N–H and O–H groups in total. The number of halogens is 1. The molecule has 0 aromatic carbocycles. The Hall–Kier alpha value is 0.420. The molecule has 0 saturated heterocycles. The average molecular weight is 249 g/mol. The lowest BCUT2D eigenvalue weighted by molar-refractivity contribution is -0.118. The molecule has 13 heavy (non-hydrogen) atoms. The smallest absolute Gasteiger partial charge is 0.216 e. The van der Waals surface area contributed by atoms with E-state index in [4.69, 9.17) is 5.73 Å². The zero-order valence-electron chi connectivity index (χ0n) is 7.12. The van der Waals surface area contributed by atoms with Crippen LogP contribution in [0.5, 0.6) is 0 Å². The molecule has 0 atom stereocenters. The van der Waals surface area contributed by atoms with Crippen molar-refractivity contribution >= 4 is 43.6 Å². The number of thiol groups is 2. The van der Waals surface area contributed by atoms with E-state index >= 15 is 0 Å². The molecule has 1 amide bonds. The molecule has 0 rings (SSSR count). The number of hydrogen-bond acceptors (Lipinski definition) is 4. The van der Waals surface area contributed by atoms with Crippen molar-refractivity contribution in [3.05, 3.63) is 0 Å². The van der Waals surface area contributed by atoms with Gasteiger partial charge in [0.05, 0.1) is 0 Å². The number of rotatable bonds is 3. The molecule has 0 unspecified atom stereocenters. The van der Waals surface area contributed by atoms with Gasteiger partial charge in [-0.1, -0.05) is 7.43 Å². The van der Waals surface area contributed by atoms with Crippen LogP contribution in [-0.4, -0.2) is 30.5 Å². The molecule has 0 bridgehead atoms. The minimum atomic E-state index is 0. The third kappa shape index (κ3) is 45.9. The van der Waals surface area contributed by atoms with Gasteiger partial charge in [-0.15, -0.1) is 12.4 Å². The Morgan fingerprint density at radius 1 is 1.38 bits per heavy atom. The molecular weight excluding hydrogens is 228 g/mol. The van der Waals surface area contributed by atoms with Gasteiger partial charge in [0.25, 0.3) is 0 Å². The molecular formula is C7H21ClN2OS2. The first-order chi connectivity index (χ1) is 5.18. The molecule has 0 aromatic rings. The summed E-state index contributed by atoms with van der Waals surface area (Å²) in [6.45, 7) is 2.84. The molecule has 6 heteroatoms. The predicted octanol–water partition coefficient (Wildman–Crippen LogP) is 0.985. The lowest BCUT2D eigenvalue weighted by Crippen LogP contribution is -2.21. The molecule has 84 valence electrons. The number of nitrogens with one attached hydrogen (secondary N) is 1. The Morgan fingerprint density at radius 2 is 1.77 bits per heavy atom. The monoisotopic (exact) mass is 248 g/mol. The van der Waals surface area contributed by atoms with Gasteiger partial charge in [0.15, 0.2) is 0 Å². The van der Waals surface area contributed by atoms with Crippen molar-refractivity contribution in [1.82, 2.24) is 5.32 Å². The maximum absolute atomic E-state index is 10.1. The van der Waals surface area contributed by atoms with Gasteiger partial charge in [-0.25, -0.2) is 0 Å². The second kappa shape index (κ2) is 22.8. The zero-order valence-corrected chi connectivity index (χ0v) is 9.72. The summed E-state index contributed by atoms with van der Waals surface area (Å²) in [6.07, 6.45) is 0. The highest BCUT2D eigenvalue weighted by Crippen LogP contribution is 1.67. The second-order valence-electron chi connectivity index (χ2n) is 1.72. The lowest BCUT2D eigenvalue weighted by Gasteiger charge is -1.93. The van der Waals surface area contributed by atoms with Crippen LogP contribution in [0.2, 0.25) is 0 Å². The van der Waals surface area contributed by atoms with Gasteiger partial charge in [-0.2, -0.15) is 25.3 Å². The fourth-order valence-corrected chi connectivity index (χ4v) is 0.344. The number of carbonyl (C=O) groups is 1. The first kappa shape index (κ1) is 23.3. The van der Waals surface area contributed by atoms with Gasteiger partial charge in [0.2, 0.25) is 5.91 Å². The van der Waals surface area contributed by atoms with Gasteiger partial charge < -0.3 is 11.1 Å². The van der Waals surface area contributed by atoms with Crippen LogP contribution in [0.1, 0.15) is 14.4 Å². The van der Waals surface area contributed by atoms with Crippen LogP contribution in [0.25, 0.3) is 0 Å². The third-order valence-electron chi connectivity index (χ3n) is 0.615. The Labute approximate surface area is 98.5 Å². The van der Waals surface area contributed by atoms with Crippen molar-refractivity contribution < 1.29 is 4.79 Å². The third-order valence-corrected chi connectivity index (χ3v) is 1.10. The van der Waals surface area contributed by atoms with Crippen LogP contribution < -0.4 is 11.1 Å². The normalized spacial score (nSPS) is 6.77. The second-order valence-corrected chi connectivity index (χ2v) is 2.61. The molecule has 0 spiro atoms. The highest BCUT2D eigenvalue weighted by Gasteiger charge is 1.83. The van der Waals surface area contributed by atoms with Crippen molar-refractivity contribution in [1.29, 1.82) is 0 Å². The van der Waals surface area contributed by atoms with Gasteiger partial charge in [0, 0.05) is 31.5 Å². The highest BCUT2D eigenvalue weighted by atomic mass is 35.5. The van der Waals surface area contributed by atoms with Crippen LogP contribution in [0.4, 0.5) is 0 Å². The molecule has 3 nitrogen and oxygen atoms in total. The number of hydrogen-bond donors (Lipinski definition) is 4. The minimum Gasteiger partial charge on any atom is -0.356 e. The van der Waals surface area contributed by atoms with E-state index < -0.39 is 0 Å². The van der Waals surface area contributed by atoms with Crippen molar-refractivity contribution in [3.8, 4) is 0 Å². The highest BCUT2D eigenvalue weighted by molar-refractivity contribution is 7.80. The fourth-order valence-electron chi connectivity index (χ4n) is 0.232. The summed E-state index contributed by atoms with van der Waals surface area (Å²) in [4.78, 5) is 10.1. The summed E-state index contributed by atoms with van der Waals surface area (Å²) in [7, 11) is 0. The van der Waals surface area contributed by atoms with Gasteiger partial charge >= 0.3 is 0 Å². The van der Waals surface area contributed by atoms with E-state index in [2.05, 4.69) is 30.6 Å². The first-order valence-electron chi connectivity index (χ1n) is 3.35. The first-order valence-corrected chi connectivity index (χ1v) is 4.61. The van der Waals surface area contributed by atoms with E-state index in [1.807, 2.05) is 0 Å². The largest absolute Gasteiger partial charge is 0.356 e. The maximum Gasteiger partial charge on any atom is 0.216 e. The number of carbonyl (C=O) groups excluding carboxylic acids is 1. The molecule has 0 radical (unpaired) electrons. The Morgan fingerprint density at radius 3 is 1.85 bits per heavy atom. The quantitative estimate of drug-likeness (QED) is 0.563. The fraction of sp³-hybridized carbons (Fsp3) is 0.857. The Bertz CT molecular complexity index is 94.6. The summed E-state index contributed by atoms with van der Waals surface area (Å²) >= 11 is 7.68. The van der Waals surface area contributed by atoms with E-state index in [0.717, 1.165) is 5.75 Å². The van der Waals surface area contributed by atoms with Crippen LogP contribution in [-0.2, 0) is 4.79 Å².